The number of hydrogen-bond donors (Lipinski definition) is 0. The summed E-state index contributed by atoms with van der Waals surface area (Å²) < 4.78 is 31.1. The number of hydrogen-bond acceptors (Lipinski definition) is 8. The fourth-order valence-corrected chi connectivity index (χ4v) is 4.78. The third-order valence-corrected chi connectivity index (χ3v) is 6.66. The first-order chi connectivity index (χ1) is 14.8. The second-order valence-electron chi connectivity index (χ2n) is 7.29. The van der Waals surface area contributed by atoms with E-state index < -0.39 is 16.0 Å². The molecule has 31 heavy (non-hydrogen) atoms. The standard InChI is InChI=1S/C20H22ClN5O4S/c1-30-17-12-14(5-6-16(17)21)24-8-10-25(11-9-24)18(13-27)26-19-15(4-3-7-22-19)20(23-26)31(2,28)29/h3-7,12-13,18H,8-11H2,1-2H3. The van der Waals surface area contributed by atoms with Crippen molar-refractivity contribution in [3.8, 4) is 5.75 Å². The number of aldehydes is 1. The molecule has 4 rings (SSSR count). The molecule has 0 radical (unpaired) electrons. The smallest absolute Gasteiger partial charge is 0.195 e. The zero-order valence-corrected chi connectivity index (χ0v) is 18.7. The van der Waals surface area contributed by atoms with Gasteiger partial charge >= 0.3 is 0 Å². The molecule has 0 spiro atoms. The molecule has 1 aliphatic heterocycles. The van der Waals surface area contributed by atoms with E-state index in [1.807, 2.05) is 17.0 Å². The van der Waals surface area contributed by atoms with E-state index >= 15 is 0 Å². The molecule has 1 aliphatic rings. The summed E-state index contributed by atoms with van der Waals surface area (Å²) in [6.07, 6.45) is 2.67. The second kappa shape index (κ2) is 8.45. The summed E-state index contributed by atoms with van der Waals surface area (Å²) in [5.41, 5.74) is 1.35. The van der Waals surface area contributed by atoms with Gasteiger partial charge in [-0.3, -0.25) is 9.69 Å². The van der Waals surface area contributed by atoms with Crippen LogP contribution in [0.1, 0.15) is 6.17 Å². The number of fused-ring (bicyclic) bond motifs is 1. The Hall–Kier alpha value is -2.69. The van der Waals surface area contributed by atoms with E-state index in [0.29, 0.717) is 48.0 Å². The molecule has 2 aromatic heterocycles. The molecule has 3 aromatic rings. The van der Waals surface area contributed by atoms with Gasteiger partial charge < -0.3 is 9.64 Å². The van der Waals surface area contributed by atoms with Gasteiger partial charge in [0.1, 0.15) is 5.75 Å². The Labute approximate surface area is 185 Å². The summed E-state index contributed by atoms with van der Waals surface area (Å²) in [6.45, 7) is 2.49. The number of carbonyl (C=O) groups excluding carboxylic acids is 1. The van der Waals surface area contributed by atoms with Gasteiger partial charge in [0.2, 0.25) is 0 Å². The minimum Gasteiger partial charge on any atom is -0.495 e. The lowest BCUT2D eigenvalue weighted by molar-refractivity contribution is -0.115. The lowest BCUT2D eigenvalue weighted by Gasteiger charge is -2.38. The van der Waals surface area contributed by atoms with Crippen LogP contribution in [-0.4, -0.2) is 73.9 Å². The zero-order chi connectivity index (χ0) is 22.2. The molecule has 1 atom stereocenters. The van der Waals surface area contributed by atoms with Crippen molar-refractivity contribution >= 4 is 44.4 Å². The minimum atomic E-state index is -3.57. The summed E-state index contributed by atoms with van der Waals surface area (Å²) in [5, 5.41) is 5.14. The van der Waals surface area contributed by atoms with Crippen LogP contribution >= 0.6 is 11.6 Å². The van der Waals surface area contributed by atoms with Gasteiger partial charge in [-0.05, 0) is 24.3 Å². The van der Waals surface area contributed by atoms with Gasteiger partial charge in [-0.1, -0.05) is 11.6 Å². The van der Waals surface area contributed by atoms with Crippen molar-refractivity contribution in [1.82, 2.24) is 19.7 Å². The number of anilines is 1. The van der Waals surface area contributed by atoms with Crippen LogP contribution in [0.15, 0.2) is 41.6 Å². The van der Waals surface area contributed by atoms with Crippen LogP contribution in [-0.2, 0) is 14.6 Å². The van der Waals surface area contributed by atoms with E-state index in [1.54, 1.807) is 31.5 Å². The van der Waals surface area contributed by atoms with Crippen LogP contribution < -0.4 is 9.64 Å². The third-order valence-electron chi connectivity index (χ3n) is 5.34. The Bertz CT molecular complexity index is 1220. The lowest BCUT2D eigenvalue weighted by Crippen LogP contribution is -2.49. The van der Waals surface area contributed by atoms with Crippen molar-refractivity contribution in [2.45, 2.75) is 11.2 Å². The highest BCUT2D eigenvalue weighted by atomic mass is 35.5. The number of pyridine rings is 1. The van der Waals surface area contributed by atoms with Crippen molar-refractivity contribution in [3.63, 3.8) is 0 Å². The van der Waals surface area contributed by atoms with Gasteiger partial charge in [-0.15, -0.1) is 0 Å². The Balaban J connectivity index is 1.59. The first kappa shape index (κ1) is 21.5. The van der Waals surface area contributed by atoms with E-state index in [4.69, 9.17) is 16.3 Å². The minimum absolute atomic E-state index is 0.0747. The van der Waals surface area contributed by atoms with Gasteiger partial charge in [0, 0.05) is 50.4 Å². The van der Waals surface area contributed by atoms with Gasteiger partial charge in [0.15, 0.2) is 33.0 Å². The molecule has 0 bridgehead atoms. The Morgan fingerprint density at radius 1 is 1.19 bits per heavy atom. The van der Waals surface area contributed by atoms with Crippen LogP contribution in [0.5, 0.6) is 5.75 Å². The molecule has 0 aliphatic carbocycles. The molecular weight excluding hydrogens is 442 g/mol. The van der Waals surface area contributed by atoms with Crippen LogP contribution in [0.2, 0.25) is 5.02 Å². The zero-order valence-electron chi connectivity index (χ0n) is 17.1. The fourth-order valence-electron chi connectivity index (χ4n) is 3.79. The molecule has 1 fully saturated rings. The van der Waals surface area contributed by atoms with Crippen LogP contribution in [0.4, 0.5) is 5.69 Å². The SMILES string of the molecule is COc1cc(N2CCN(C(C=O)n3nc(S(C)(=O)=O)c4cccnc43)CC2)ccc1Cl. The van der Waals surface area contributed by atoms with Crippen molar-refractivity contribution in [3.05, 3.63) is 41.6 Å². The average Bonchev–Trinajstić information content (AvgIpc) is 3.15. The lowest BCUT2D eigenvalue weighted by atomic mass is 10.2. The van der Waals surface area contributed by atoms with Crippen molar-refractivity contribution in [1.29, 1.82) is 0 Å². The maximum absolute atomic E-state index is 12.2. The Morgan fingerprint density at radius 3 is 2.58 bits per heavy atom. The predicted octanol–water partition coefficient (Wildman–Crippen LogP) is 2.02. The first-order valence-corrected chi connectivity index (χ1v) is 11.9. The van der Waals surface area contributed by atoms with E-state index in [9.17, 15) is 13.2 Å². The number of rotatable bonds is 6. The summed E-state index contributed by atoms with van der Waals surface area (Å²) in [7, 11) is -2.00. The maximum atomic E-state index is 12.2. The van der Waals surface area contributed by atoms with Crippen molar-refractivity contribution in [2.75, 3.05) is 44.4 Å². The molecule has 11 heteroatoms. The molecule has 1 unspecified atom stereocenters. The monoisotopic (exact) mass is 463 g/mol. The van der Waals surface area contributed by atoms with Crippen molar-refractivity contribution in [2.24, 2.45) is 0 Å². The number of piperazine rings is 1. The normalized spacial score (nSPS) is 16.4. The molecule has 9 nitrogen and oxygen atoms in total. The first-order valence-electron chi connectivity index (χ1n) is 9.64. The molecule has 164 valence electrons. The van der Waals surface area contributed by atoms with Gasteiger partial charge in [-0.25, -0.2) is 18.1 Å². The van der Waals surface area contributed by atoms with Crippen LogP contribution in [0.3, 0.4) is 0 Å². The van der Waals surface area contributed by atoms with Crippen molar-refractivity contribution < 1.29 is 17.9 Å². The average molecular weight is 464 g/mol. The highest BCUT2D eigenvalue weighted by molar-refractivity contribution is 7.90. The molecule has 1 aromatic carbocycles. The number of sulfone groups is 1. The molecule has 3 heterocycles. The molecular formula is C20H22ClN5O4S. The van der Waals surface area contributed by atoms with Crippen LogP contribution in [0, 0.1) is 0 Å². The summed E-state index contributed by atoms with van der Waals surface area (Å²) in [6, 6.07) is 8.91. The number of benzene rings is 1. The Kier molecular flexibility index (Phi) is 5.87. The predicted molar refractivity (Wildman–Crippen MR) is 118 cm³/mol. The Morgan fingerprint density at radius 2 is 1.94 bits per heavy atom. The topological polar surface area (TPSA) is 97.6 Å². The number of carbonyl (C=O) groups is 1. The largest absolute Gasteiger partial charge is 0.495 e. The summed E-state index contributed by atoms with van der Waals surface area (Å²) in [4.78, 5) is 20.5. The maximum Gasteiger partial charge on any atom is 0.195 e. The van der Waals surface area contributed by atoms with E-state index in [0.717, 1.165) is 18.2 Å². The fraction of sp³-hybridized carbons (Fsp3) is 0.350. The molecule has 0 saturated carbocycles. The van der Waals surface area contributed by atoms with E-state index in [2.05, 4.69) is 15.0 Å². The summed E-state index contributed by atoms with van der Waals surface area (Å²) in [5.74, 6) is 0.606. The highest BCUT2D eigenvalue weighted by Crippen LogP contribution is 2.31. The number of methoxy groups -OCH3 is 1. The number of ether oxygens (including phenoxy) is 1. The van der Waals surface area contributed by atoms with E-state index in [1.165, 1.54) is 4.68 Å². The van der Waals surface area contributed by atoms with Gasteiger partial charge in [-0.2, -0.15) is 5.10 Å². The number of aromatic nitrogens is 3. The summed E-state index contributed by atoms with van der Waals surface area (Å²) >= 11 is 6.12. The highest BCUT2D eigenvalue weighted by Gasteiger charge is 2.29. The van der Waals surface area contributed by atoms with Gasteiger partial charge in [0.25, 0.3) is 0 Å². The quantitative estimate of drug-likeness (QED) is 0.512. The molecule has 0 amide bonds. The third kappa shape index (κ3) is 4.10. The number of halogens is 1. The van der Waals surface area contributed by atoms with Gasteiger partial charge in [0.05, 0.1) is 17.5 Å². The van der Waals surface area contributed by atoms with Crippen LogP contribution in [0.25, 0.3) is 11.0 Å². The molecule has 0 N–H and O–H groups in total. The second-order valence-corrected chi connectivity index (χ2v) is 9.63. The van der Waals surface area contributed by atoms with E-state index in [-0.39, 0.29) is 5.03 Å². The number of nitrogens with zero attached hydrogens (tertiary/aromatic N) is 5. The molecule has 1 saturated heterocycles.